The number of ether oxygens (including phenoxy) is 2. The molecule has 1 N–H and O–H groups in total. The minimum absolute atomic E-state index is 0.181. The van der Waals surface area contributed by atoms with Crippen molar-refractivity contribution in [1.29, 1.82) is 0 Å². The van der Waals surface area contributed by atoms with Crippen LogP contribution < -0.4 is 14.8 Å². The summed E-state index contributed by atoms with van der Waals surface area (Å²) in [6, 6.07) is 18.4. The van der Waals surface area contributed by atoms with E-state index in [0.717, 1.165) is 11.3 Å². The number of carbonyl (C=O) groups is 1. The molecule has 0 spiro atoms. The summed E-state index contributed by atoms with van der Waals surface area (Å²) in [6.07, 6.45) is 1.58. The molecule has 0 aliphatic heterocycles. The number of carbonyl (C=O) groups excluding carboxylic acids is 1. The van der Waals surface area contributed by atoms with Gasteiger partial charge in [0, 0.05) is 11.1 Å². The number of hydrogen-bond acceptors (Lipinski definition) is 4. The second-order valence-electron chi connectivity index (χ2n) is 5.39. The zero-order valence-corrected chi connectivity index (χ0v) is 13.9. The lowest BCUT2D eigenvalue weighted by Crippen LogP contribution is -2.22. The van der Waals surface area contributed by atoms with E-state index in [-0.39, 0.29) is 5.91 Å². The molecule has 1 aromatic heterocycles. The van der Waals surface area contributed by atoms with E-state index in [1.54, 1.807) is 37.6 Å². The van der Waals surface area contributed by atoms with Gasteiger partial charge in [-0.05, 0) is 42.5 Å². The van der Waals surface area contributed by atoms with Crippen LogP contribution in [-0.2, 0) is 13.2 Å². The fourth-order valence-electron chi connectivity index (χ4n) is 2.39. The van der Waals surface area contributed by atoms with Crippen LogP contribution in [0.4, 0.5) is 0 Å². The number of rotatable bonds is 7. The summed E-state index contributed by atoms with van der Waals surface area (Å²) < 4.78 is 16.3. The smallest absolute Gasteiger partial charge is 0.251 e. The molecule has 5 nitrogen and oxygen atoms in total. The van der Waals surface area contributed by atoms with Gasteiger partial charge in [-0.1, -0.05) is 18.2 Å². The topological polar surface area (TPSA) is 60.7 Å². The van der Waals surface area contributed by atoms with Gasteiger partial charge in [0.1, 0.15) is 23.9 Å². The van der Waals surface area contributed by atoms with Crippen molar-refractivity contribution in [2.45, 2.75) is 13.2 Å². The maximum atomic E-state index is 12.3. The monoisotopic (exact) mass is 337 g/mol. The van der Waals surface area contributed by atoms with E-state index < -0.39 is 0 Å². The number of para-hydroxylation sites is 1. The lowest BCUT2D eigenvalue weighted by Gasteiger charge is -2.12. The van der Waals surface area contributed by atoms with Gasteiger partial charge in [0.2, 0.25) is 0 Å². The van der Waals surface area contributed by atoms with Crippen molar-refractivity contribution in [3.8, 4) is 11.5 Å². The highest BCUT2D eigenvalue weighted by Crippen LogP contribution is 2.22. The van der Waals surface area contributed by atoms with Crippen molar-refractivity contribution in [2.24, 2.45) is 0 Å². The predicted molar refractivity (Wildman–Crippen MR) is 93.6 cm³/mol. The molecule has 0 atom stereocenters. The first-order chi connectivity index (χ1) is 12.3. The van der Waals surface area contributed by atoms with Crippen molar-refractivity contribution >= 4 is 5.91 Å². The Labute approximate surface area is 146 Å². The quantitative estimate of drug-likeness (QED) is 0.712. The zero-order chi connectivity index (χ0) is 17.5. The molecule has 25 heavy (non-hydrogen) atoms. The molecule has 1 heterocycles. The number of methoxy groups -OCH3 is 1. The molecule has 0 saturated carbocycles. The number of hydrogen-bond donors (Lipinski definition) is 1. The van der Waals surface area contributed by atoms with Crippen LogP contribution in [0.2, 0.25) is 0 Å². The predicted octanol–water partition coefficient (Wildman–Crippen LogP) is 3.80. The Morgan fingerprint density at radius 3 is 2.64 bits per heavy atom. The lowest BCUT2D eigenvalue weighted by molar-refractivity contribution is 0.0948. The molecule has 3 rings (SSSR count). The van der Waals surface area contributed by atoms with Gasteiger partial charge >= 0.3 is 0 Å². The van der Waals surface area contributed by atoms with Gasteiger partial charge in [0.25, 0.3) is 5.91 Å². The fourth-order valence-corrected chi connectivity index (χ4v) is 2.39. The van der Waals surface area contributed by atoms with E-state index >= 15 is 0 Å². The Morgan fingerprint density at radius 2 is 1.92 bits per heavy atom. The highest BCUT2D eigenvalue weighted by atomic mass is 16.5. The zero-order valence-electron chi connectivity index (χ0n) is 13.9. The molecule has 0 saturated heterocycles. The van der Waals surface area contributed by atoms with Gasteiger partial charge in [-0.15, -0.1) is 0 Å². The number of amides is 1. The van der Waals surface area contributed by atoms with E-state index in [1.165, 1.54) is 0 Å². The number of benzene rings is 2. The van der Waals surface area contributed by atoms with Gasteiger partial charge < -0.3 is 19.2 Å². The summed E-state index contributed by atoms with van der Waals surface area (Å²) in [4.78, 5) is 12.3. The van der Waals surface area contributed by atoms with Crippen LogP contribution in [0, 0.1) is 0 Å². The summed E-state index contributed by atoms with van der Waals surface area (Å²) in [5.74, 6) is 1.96. The molecule has 0 unspecified atom stereocenters. The Morgan fingerprint density at radius 1 is 1.08 bits per heavy atom. The first kappa shape index (κ1) is 16.6. The first-order valence-corrected chi connectivity index (χ1v) is 7.91. The van der Waals surface area contributed by atoms with Gasteiger partial charge in [0.15, 0.2) is 0 Å². The van der Waals surface area contributed by atoms with E-state index in [1.807, 2.05) is 36.4 Å². The summed E-state index contributed by atoms with van der Waals surface area (Å²) in [7, 11) is 1.60. The summed E-state index contributed by atoms with van der Waals surface area (Å²) in [6.45, 7) is 0.653. The van der Waals surface area contributed by atoms with Gasteiger partial charge in [-0.2, -0.15) is 0 Å². The van der Waals surface area contributed by atoms with E-state index in [2.05, 4.69) is 5.32 Å². The maximum Gasteiger partial charge on any atom is 0.251 e. The van der Waals surface area contributed by atoms with Gasteiger partial charge in [-0.25, -0.2) is 0 Å². The Balaban J connectivity index is 1.69. The molecule has 0 radical (unpaired) electrons. The molecule has 0 aliphatic carbocycles. The summed E-state index contributed by atoms with van der Waals surface area (Å²) >= 11 is 0. The van der Waals surface area contributed by atoms with Crippen LogP contribution >= 0.6 is 0 Å². The average Bonchev–Trinajstić information content (AvgIpc) is 3.18. The molecule has 0 bridgehead atoms. The van der Waals surface area contributed by atoms with Crippen molar-refractivity contribution in [1.82, 2.24) is 5.32 Å². The second-order valence-corrected chi connectivity index (χ2v) is 5.39. The van der Waals surface area contributed by atoms with Crippen molar-refractivity contribution in [3.05, 3.63) is 83.8 Å². The number of nitrogens with one attached hydrogen (secondary N) is 1. The standard InChI is InChI=1S/C20H19NO4/c1-23-19-10-9-15(20(22)21-13-18-8-5-11-24-18)12-16(19)14-25-17-6-3-2-4-7-17/h2-12H,13-14H2,1H3,(H,21,22). The Bertz CT molecular complexity index is 813. The van der Waals surface area contributed by atoms with Crippen LogP contribution in [0.5, 0.6) is 11.5 Å². The lowest BCUT2D eigenvalue weighted by atomic mass is 10.1. The van der Waals surface area contributed by atoms with Crippen LogP contribution in [0.1, 0.15) is 21.7 Å². The van der Waals surface area contributed by atoms with Crippen LogP contribution in [-0.4, -0.2) is 13.0 Å². The van der Waals surface area contributed by atoms with E-state index in [4.69, 9.17) is 13.9 Å². The van der Waals surface area contributed by atoms with Crippen LogP contribution in [0.3, 0.4) is 0 Å². The van der Waals surface area contributed by atoms with Crippen LogP contribution in [0.15, 0.2) is 71.3 Å². The minimum Gasteiger partial charge on any atom is -0.496 e. The maximum absolute atomic E-state index is 12.3. The Kier molecular flexibility index (Phi) is 5.36. The molecule has 2 aromatic carbocycles. The molecule has 0 fully saturated rings. The first-order valence-electron chi connectivity index (χ1n) is 7.91. The molecule has 0 aliphatic rings. The third kappa shape index (κ3) is 4.41. The average molecular weight is 337 g/mol. The third-order valence-electron chi connectivity index (χ3n) is 3.68. The van der Waals surface area contributed by atoms with Gasteiger partial charge in [-0.3, -0.25) is 4.79 Å². The summed E-state index contributed by atoms with van der Waals surface area (Å²) in [5, 5.41) is 2.83. The highest BCUT2D eigenvalue weighted by molar-refractivity contribution is 5.94. The third-order valence-corrected chi connectivity index (χ3v) is 3.68. The molecular formula is C20H19NO4. The van der Waals surface area contributed by atoms with E-state index in [0.29, 0.717) is 30.2 Å². The molecule has 3 aromatic rings. The Hall–Kier alpha value is -3.21. The fraction of sp³-hybridized carbons (Fsp3) is 0.150. The molecular weight excluding hydrogens is 318 g/mol. The molecule has 128 valence electrons. The molecule has 5 heteroatoms. The second kappa shape index (κ2) is 8.06. The highest BCUT2D eigenvalue weighted by Gasteiger charge is 2.11. The van der Waals surface area contributed by atoms with Crippen molar-refractivity contribution in [3.63, 3.8) is 0 Å². The number of furan rings is 1. The van der Waals surface area contributed by atoms with Gasteiger partial charge in [0.05, 0.1) is 19.9 Å². The van der Waals surface area contributed by atoms with Crippen molar-refractivity contribution in [2.75, 3.05) is 7.11 Å². The largest absolute Gasteiger partial charge is 0.496 e. The van der Waals surface area contributed by atoms with Crippen molar-refractivity contribution < 1.29 is 18.7 Å². The summed E-state index contributed by atoms with van der Waals surface area (Å²) in [5.41, 5.74) is 1.34. The molecule has 1 amide bonds. The minimum atomic E-state index is -0.181. The van der Waals surface area contributed by atoms with E-state index in [9.17, 15) is 4.79 Å². The SMILES string of the molecule is COc1ccc(C(=O)NCc2ccco2)cc1COc1ccccc1. The normalized spacial score (nSPS) is 10.3. The van der Waals surface area contributed by atoms with Crippen LogP contribution in [0.25, 0.3) is 0 Å².